The van der Waals surface area contributed by atoms with Gasteiger partial charge in [-0.1, -0.05) is 77.8 Å². The molecule has 4 aromatic carbocycles. The van der Waals surface area contributed by atoms with Gasteiger partial charge in [-0.3, -0.25) is 4.79 Å². The van der Waals surface area contributed by atoms with Gasteiger partial charge >= 0.3 is 0 Å². The fourth-order valence-corrected chi connectivity index (χ4v) is 4.55. The highest BCUT2D eigenvalue weighted by Crippen LogP contribution is 2.36. The third kappa shape index (κ3) is 8.04. The van der Waals surface area contributed by atoms with E-state index in [2.05, 4.69) is 5.32 Å². The average molecular weight is 588 g/mol. The monoisotopic (exact) mass is 586 g/mol. The van der Waals surface area contributed by atoms with Gasteiger partial charge in [-0.15, -0.1) is 0 Å². The lowest BCUT2D eigenvalue weighted by atomic mass is 10.1. The van der Waals surface area contributed by atoms with Crippen molar-refractivity contribution < 1.29 is 19.0 Å². The number of nitriles is 1. The predicted molar refractivity (Wildman–Crippen MR) is 163 cm³/mol. The molecule has 208 valence electrons. The summed E-state index contributed by atoms with van der Waals surface area (Å²) in [5, 5.41) is 12.8. The normalized spacial score (nSPS) is 11.0. The molecule has 0 spiro atoms. The lowest BCUT2D eigenvalue weighted by Crippen LogP contribution is -2.14. The van der Waals surface area contributed by atoms with Gasteiger partial charge in [0.05, 0.1) is 16.7 Å². The lowest BCUT2D eigenvalue weighted by Gasteiger charge is -2.15. The Morgan fingerprint density at radius 1 is 0.854 bits per heavy atom. The van der Waals surface area contributed by atoms with Crippen LogP contribution in [0.5, 0.6) is 17.2 Å². The molecule has 0 saturated heterocycles. The molecular formula is C33H28Cl2N2O4. The number of amides is 1. The number of para-hydroxylation sites is 1. The fraction of sp³-hybridized carbons (Fsp3) is 0.152. The molecule has 41 heavy (non-hydrogen) atoms. The molecule has 1 amide bonds. The topological polar surface area (TPSA) is 80.6 Å². The first kappa shape index (κ1) is 29.5. The summed E-state index contributed by atoms with van der Waals surface area (Å²) in [6.45, 7) is 4.85. The minimum atomic E-state index is -0.532. The van der Waals surface area contributed by atoms with Crippen LogP contribution in [0.4, 0.5) is 5.69 Å². The van der Waals surface area contributed by atoms with Gasteiger partial charge in [-0.05, 0) is 72.5 Å². The van der Waals surface area contributed by atoms with Crippen LogP contribution >= 0.6 is 23.2 Å². The standard InChI is InChI=1S/C33H28Cl2N2O4/c1-3-39-31-18-24(13-14-30(31)40-20-23-10-5-4-6-11-23)21-41-32-27(34)16-25(17-28(32)35)15-26(19-36)33(38)37-29-12-8-7-9-22(29)2/h4-18H,3,20-21H2,1-2H3,(H,37,38)/b26-15-. The number of hydrogen-bond donors (Lipinski definition) is 1. The van der Waals surface area contributed by atoms with E-state index >= 15 is 0 Å². The number of benzene rings is 4. The van der Waals surface area contributed by atoms with Crippen molar-refractivity contribution in [2.75, 3.05) is 11.9 Å². The highest BCUT2D eigenvalue weighted by atomic mass is 35.5. The van der Waals surface area contributed by atoms with Gasteiger partial charge in [-0.25, -0.2) is 0 Å². The van der Waals surface area contributed by atoms with Crippen LogP contribution in [-0.2, 0) is 18.0 Å². The molecule has 0 bridgehead atoms. The van der Waals surface area contributed by atoms with Crippen LogP contribution in [0, 0.1) is 18.3 Å². The Bertz CT molecular complexity index is 1570. The van der Waals surface area contributed by atoms with E-state index in [9.17, 15) is 10.1 Å². The van der Waals surface area contributed by atoms with Gasteiger partial charge in [0.15, 0.2) is 17.2 Å². The molecule has 0 atom stereocenters. The van der Waals surface area contributed by atoms with E-state index in [1.807, 2.05) is 86.6 Å². The minimum Gasteiger partial charge on any atom is -0.490 e. The van der Waals surface area contributed by atoms with Crippen LogP contribution < -0.4 is 19.5 Å². The molecular weight excluding hydrogens is 559 g/mol. The minimum absolute atomic E-state index is 0.0907. The zero-order valence-electron chi connectivity index (χ0n) is 22.6. The summed E-state index contributed by atoms with van der Waals surface area (Å²) in [5.41, 5.74) is 3.79. The van der Waals surface area contributed by atoms with Crippen molar-refractivity contribution in [2.45, 2.75) is 27.1 Å². The van der Waals surface area contributed by atoms with Crippen molar-refractivity contribution >= 4 is 40.9 Å². The number of halogens is 2. The molecule has 0 aliphatic heterocycles. The van der Waals surface area contributed by atoms with Crippen LogP contribution in [0.3, 0.4) is 0 Å². The SMILES string of the molecule is CCOc1cc(COc2c(Cl)cc(/C=C(/C#N)C(=O)Nc3ccccc3C)cc2Cl)ccc1OCc1ccccc1. The number of nitrogens with one attached hydrogen (secondary N) is 1. The molecule has 0 radical (unpaired) electrons. The summed E-state index contributed by atoms with van der Waals surface area (Å²) in [5.74, 6) is 0.994. The van der Waals surface area contributed by atoms with Crippen LogP contribution in [0.15, 0.2) is 90.5 Å². The van der Waals surface area contributed by atoms with Crippen molar-refractivity contribution in [3.05, 3.63) is 123 Å². The molecule has 4 aromatic rings. The smallest absolute Gasteiger partial charge is 0.266 e. The fourth-order valence-electron chi connectivity index (χ4n) is 3.94. The summed E-state index contributed by atoms with van der Waals surface area (Å²) in [6, 6.07) is 27.9. The highest BCUT2D eigenvalue weighted by molar-refractivity contribution is 6.37. The first-order valence-electron chi connectivity index (χ1n) is 12.9. The van der Waals surface area contributed by atoms with Crippen LogP contribution in [0.25, 0.3) is 6.08 Å². The maximum atomic E-state index is 12.7. The molecule has 0 fully saturated rings. The Kier molecular flexibility index (Phi) is 10.3. The maximum Gasteiger partial charge on any atom is 0.266 e. The first-order valence-corrected chi connectivity index (χ1v) is 13.7. The molecule has 4 rings (SSSR count). The summed E-state index contributed by atoms with van der Waals surface area (Å²) < 4.78 is 17.7. The molecule has 8 heteroatoms. The molecule has 0 heterocycles. The van der Waals surface area contributed by atoms with E-state index in [4.69, 9.17) is 37.4 Å². The van der Waals surface area contributed by atoms with E-state index in [-0.39, 0.29) is 28.0 Å². The Balaban J connectivity index is 1.45. The second-order valence-corrected chi connectivity index (χ2v) is 9.84. The van der Waals surface area contributed by atoms with Crippen molar-refractivity contribution in [2.24, 2.45) is 0 Å². The van der Waals surface area contributed by atoms with E-state index in [0.717, 1.165) is 16.7 Å². The molecule has 0 aliphatic carbocycles. The highest BCUT2D eigenvalue weighted by Gasteiger charge is 2.15. The van der Waals surface area contributed by atoms with Crippen molar-refractivity contribution in [1.29, 1.82) is 5.26 Å². The molecule has 0 aromatic heterocycles. The quantitative estimate of drug-likeness (QED) is 0.141. The van der Waals surface area contributed by atoms with Gasteiger partial charge in [0.1, 0.15) is 24.9 Å². The molecule has 1 N–H and O–H groups in total. The first-order chi connectivity index (χ1) is 19.9. The summed E-state index contributed by atoms with van der Waals surface area (Å²) in [7, 11) is 0. The Morgan fingerprint density at radius 3 is 2.22 bits per heavy atom. The molecule has 6 nitrogen and oxygen atoms in total. The summed E-state index contributed by atoms with van der Waals surface area (Å²) in [6.07, 6.45) is 1.43. The van der Waals surface area contributed by atoms with Gasteiger partial charge in [-0.2, -0.15) is 5.26 Å². The van der Waals surface area contributed by atoms with E-state index in [1.165, 1.54) is 6.08 Å². The second-order valence-electron chi connectivity index (χ2n) is 9.03. The van der Waals surface area contributed by atoms with Gasteiger partial charge in [0.2, 0.25) is 0 Å². The number of hydrogen-bond acceptors (Lipinski definition) is 5. The third-order valence-corrected chi connectivity index (χ3v) is 6.58. The van der Waals surface area contributed by atoms with Gasteiger partial charge in [0, 0.05) is 5.69 Å². The van der Waals surface area contributed by atoms with Crippen LogP contribution in [0.1, 0.15) is 29.2 Å². The Morgan fingerprint density at radius 2 is 1.54 bits per heavy atom. The van der Waals surface area contributed by atoms with Crippen LogP contribution in [0.2, 0.25) is 10.0 Å². The summed E-state index contributed by atoms with van der Waals surface area (Å²) in [4.78, 5) is 12.7. The Labute approximate surface area is 249 Å². The molecule has 0 aliphatic rings. The second kappa shape index (κ2) is 14.3. The number of aryl methyl sites for hydroxylation is 1. The molecule has 0 saturated carbocycles. The number of anilines is 1. The van der Waals surface area contributed by atoms with Crippen molar-refractivity contribution in [3.63, 3.8) is 0 Å². The number of carbonyl (C=O) groups is 1. The summed E-state index contributed by atoms with van der Waals surface area (Å²) >= 11 is 13.0. The number of nitrogens with zero attached hydrogens (tertiary/aromatic N) is 1. The largest absolute Gasteiger partial charge is 0.490 e. The van der Waals surface area contributed by atoms with E-state index in [0.29, 0.717) is 36.0 Å². The van der Waals surface area contributed by atoms with Gasteiger partial charge in [0.25, 0.3) is 5.91 Å². The number of carbonyl (C=O) groups excluding carboxylic acids is 1. The third-order valence-electron chi connectivity index (χ3n) is 6.02. The zero-order chi connectivity index (χ0) is 29.2. The van der Waals surface area contributed by atoms with E-state index in [1.54, 1.807) is 18.2 Å². The van der Waals surface area contributed by atoms with Gasteiger partial charge < -0.3 is 19.5 Å². The maximum absolute atomic E-state index is 12.7. The molecule has 0 unspecified atom stereocenters. The lowest BCUT2D eigenvalue weighted by molar-refractivity contribution is -0.112. The zero-order valence-corrected chi connectivity index (χ0v) is 24.1. The number of rotatable bonds is 11. The number of ether oxygens (including phenoxy) is 3. The predicted octanol–water partition coefficient (Wildman–Crippen LogP) is 8.40. The average Bonchev–Trinajstić information content (AvgIpc) is 2.97. The Hall–Kier alpha value is -4.44. The van der Waals surface area contributed by atoms with E-state index < -0.39 is 5.91 Å². The van der Waals surface area contributed by atoms with Crippen molar-refractivity contribution in [1.82, 2.24) is 0 Å². The van der Waals surface area contributed by atoms with Crippen molar-refractivity contribution in [3.8, 4) is 23.3 Å². The van der Waals surface area contributed by atoms with Crippen LogP contribution in [-0.4, -0.2) is 12.5 Å².